The smallest absolute Gasteiger partial charge is 0.253 e. The Bertz CT molecular complexity index is 876. The van der Waals surface area contributed by atoms with Crippen molar-refractivity contribution in [2.45, 2.75) is 38.5 Å². The van der Waals surface area contributed by atoms with Crippen molar-refractivity contribution in [3.05, 3.63) is 59.4 Å². The number of carbonyl (C=O) groups is 1. The third-order valence-corrected chi connectivity index (χ3v) is 5.58. The first kappa shape index (κ1) is 19.0. The van der Waals surface area contributed by atoms with Crippen LogP contribution in [-0.2, 0) is 16.1 Å². The van der Waals surface area contributed by atoms with Crippen LogP contribution in [-0.4, -0.2) is 41.1 Å². The highest BCUT2D eigenvalue weighted by Crippen LogP contribution is 2.34. The molecule has 3 heterocycles. The largest absolute Gasteiger partial charge is 0.364 e. The molecule has 1 aromatic heterocycles. The third-order valence-electron chi connectivity index (χ3n) is 5.58. The summed E-state index contributed by atoms with van der Waals surface area (Å²) in [6.07, 6.45) is 2.81. The number of hydrogen-bond donors (Lipinski definition) is 1. The summed E-state index contributed by atoms with van der Waals surface area (Å²) >= 11 is 0. The SMILES string of the molecule is Cc1ncccc1NC(=O)[C@H]1C[C@@H]2CCN(Cc3ccc(F)c(F)c3)C[C@H]2O1. The van der Waals surface area contributed by atoms with Crippen LogP contribution in [0.5, 0.6) is 0 Å². The fraction of sp³-hybridized carbons (Fsp3) is 0.429. The maximum Gasteiger partial charge on any atom is 0.253 e. The minimum absolute atomic E-state index is 0.0233. The molecule has 2 fully saturated rings. The zero-order valence-corrected chi connectivity index (χ0v) is 15.7. The average Bonchev–Trinajstić information content (AvgIpc) is 3.10. The van der Waals surface area contributed by atoms with Gasteiger partial charge in [0.15, 0.2) is 11.6 Å². The van der Waals surface area contributed by atoms with E-state index in [1.54, 1.807) is 18.3 Å². The molecular weight excluding hydrogens is 364 g/mol. The van der Waals surface area contributed by atoms with E-state index in [2.05, 4.69) is 15.2 Å². The van der Waals surface area contributed by atoms with Crippen molar-refractivity contribution >= 4 is 11.6 Å². The van der Waals surface area contributed by atoms with Gasteiger partial charge in [-0.15, -0.1) is 0 Å². The molecule has 3 atom stereocenters. The van der Waals surface area contributed by atoms with E-state index >= 15 is 0 Å². The van der Waals surface area contributed by atoms with Crippen LogP contribution in [0.3, 0.4) is 0 Å². The molecule has 2 aliphatic heterocycles. The second-order valence-corrected chi connectivity index (χ2v) is 7.56. The van der Waals surface area contributed by atoms with Crippen LogP contribution in [0.25, 0.3) is 0 Å². The van der Waals surface area contributed by atoms with E-state index in [-0.39, 0.29) is 12.0 Å². The predicted molar refractivity (Wildman–Crippen MR) is 101 cm³/mol. The van der Waals surface area contributed by atoms with E-state index in [9.17, 15) is 13.6 Å². The molecule has 2 aliphatic rings. The quantitative estimate of drug-likeness (QED) is 0.875. The van der Waals surface area contributed by atoms with Gasteiger partial charge in [-0.05, 0) is 62.1 Å². The Morgan fingerprint density at radius 3 is 2.96 bits per heavy atom. The normalized spacial score (nSPS) is 24.8. The number of anilines is 1. The molecule has 1 N–H and O–H groups in total. The Kier molecular flexibility index (Phi) is 5.37. The molecule has 148 valence electrons. The molecule has 0 bridgehead atoms. The summed E-state index contributed by atoms with van der Waals surface area (Å²) in [4.78, 5) is 18.9. The van der Waals surface area contributed by atoms with Gasteiger partial charge in [-0.1, -0.05) is 6.07 Å². The third kappa shape index (κ3) is 4.05. The number of amides is 1. The Morgan fingerprint density at radius 1 is 1.32 bits per heavy atom. The van der Waals surface area contributed by atoms with Gasteiger partial charge in [0.2, 0.25) is 0 Å². The van der Waals surface area contributed by atoms with Crippen molar-refractivity contribution in [3.8, 4) is 0 Å². The van der Waals surface area contributed by atoms with Crippen molar-refractivity contribution < 1.29 is 18.3 Å². The number of nitrogens with one attached hydrogen (secondary N) is 1. The zero-order chi connectivity index (χ0) is 19.7. The number of likely N-dealkylation sites (tertiary alicyclic amines) is 1. The second kappa shape index (κ2) is 7.93. The highest BCUT2D eigenvalue weighted by molar-refractivity contribution is 5.94. The Balaban J connectivity index is 1.34. The summed E-state index contributed by atoms with van der Waals surface area (Å²) in [6.45, 7) is 3.91. The maximum atomic E-state index is 13.4. The van der Waals surface area contributed by atoms with Crippen LogP contribution in [0.4, 0.5) is 14.5 Å². The number of fused-ring (bicyclic) bond motifs is 1. The van der Waals surface area contributed by atoms with Gasteiger partial charge in [-0.3, -0.25) is 14.7 Å². The van der Waals surface area contributed by atoms with Crippen molar-refractivity contribution in [3.63, 3.8) is 0 Å². The first-order valence-electron chi connectivity index (χ1n) is 9.54. The van der Waals surface area contributed by atoms with Crippen molar-refractivity contribution in [1.82, 2.24) is 9.88 Å². The fourth-order valence-corrected chi connectivity index (χ4v) is 4.03. The minimum Gasteiger partial charge on any atom is -0.364 e. The van der Waals surface area contributed by atoms with Gasteiger partial charge in [0.05, 0.1) is 17.5 Å². The second-order valence-electron chi connectivity index (χ2n) is 7.56. The van der Waals surface area contributed by atoms with Gasteiger partial charge in [0.1, 0.15) is 6.10 Å². The number of rotatable bonds is 4. The molecule has 0 spiro atoms. The van der Waals surface area contributed by atoms with E-state index in [0.717, 1.165) is 30.3 Å². The lowest BCUT2D eigenvalue weighted by Gasteiger charge is -2.34. The van der Waals surface area contributed by atoms with Gasteiger partial charge >= 0.3 is 0 Å². The summed E-state index contributed by atoms with van der Waals surface area (Å²) < 4.78 is 32.6. The van der Waals surface area contributed by atoms with Gasteiger partial charge < -0.3 is 10.1 Å². The number of piperidine rings is 1. The number of hydrogen-bond acceptors (Lipinski definition) is 4. The van der Waals surface area contributed by atoms with Gasteiger partial charge in [0.25, 0.3) is 5.91 Å². The van der Waals surface area contributed by atoms with Crippen LogP contribution in [0, 0.1) is 24.5 Å². The van der Waals surface area contributed by atoms with Crippen molar-refractivity contribution in [2.75, 3.05) is 18.4 Å². The molecule has 0 aliphatic carbocycles. The summed E-state index contributed by atoms with van der Waals surface area (Å²) in [5, 5.41) is 2.91. The van der Waals surface area contributed by atoms with E-state index in [1.807, 2.05) is 13.0 Å². The lowest BCUT2D eigenvalue weighted by molar-refractivity contribution is -0.127. The molecule has 0 unspecified atom stereocenters. The molecule has 1 aromatic carbocycles. The van der Waals surface area contributed by atoms with Crippen molar-refractivity contribution in [1.29, 1.82) is 0 Å². The molecule has 0 radical (unpaired) electrons. The molecule has 28 heavy (non-hydrogen) atoms. The van der Waals surface area contributed by atoms with Gasteiger partial charge in [0, 0.05) is 19.3 Å². The van der Waals surface area contributed by atoms with Crippen LogP contribution in [0.2, 0.25) is 0 Å². The molecular formula is C21H23F2N3O2. The number of ether oxygens (including phenoxy) is 1. The molecule has 1 amide bonds. The van der Waals surface area contributed by atoms with Gasteiger partial charge in [-0.2, -0.15) is 0 Å². The van der Waals surface area contributed by atoms with E-state index in [1.165, 1.54) is 6.07 Å². The fourth-order valence-electron chi connectivity index (χ4n) is 4.03. The molecule has 0 saturated carbocycles. The first-order valence-corrected chi connectivity index (χ1v) is 9.54. The average molecular weight is 387 g/mol. The Labute approximate surface area is 162 Å². The monoisotopic (exact) mass is 387 g/mol. The lowest BCUT2D eigenvalue weighted by Crippen LogP contribution is -2.42. The van der Waals surface area contributed by atoms with Gasteiger partial charge in [-0.25, -0.2) is 8.78 Å². The number of nitrogens with zero attached hydrogens (tertiary/aromatic N) is 2. The lowest BCUT2D eigenvalue weighted by atomic mass is 9.91. The Hall–Kier alpha value is -2.38. The van der Waals surface area contributed by atoms with E-state index in [0.29, 0.717) is 31.1 Å². The van der Waals surface area contributed by atoms with Crippen LogP contribution in [0.15, 0.2) is 36.5 Å². The number of carbonyl (C=O) groups excluding carboxylic acids is 1. The summed E-state index contributed by atoms with van der Waals surface area (Å²) in [5.41, 5.74) is 2.20. The van der Waals surface area contributed by atoms with Crippen molar-refractivity contribution in [2.24, 2.45) is 5.92 Å². The summed E-state index contributed by atoms with van der Waals surface area (Å²) in [6, 6.07) is 7.61. The first-order chi connectivity index (χ1) is 13.5. The number of benzene rings is 1. The molecule has 2 saturated heterocycles. The highest BCUT2D eigenvalue weighted by Gasteiger charge is 2.41. The highest BCUT2D eigenvalue weighted by atomic mass is 19.2. The molecule has 7 heteroatoms. The minimum atomic E-state index is -0.834. The number of pyridine rings is 1. The number of aromatic nitrogens is 1. The standard InChI is InChI=1S/C21H23F2N3O2/c1-13-18(3-2-7-24-13)25-21(27)19-10-15-6-8-26(12-20(15)28-19)11-14-4-5-16(22)17(23)9-14/h2-5,7,9,15,19-20H,6,8,10-12H2,1H3,(H,25,27)/t15-,19+,20+/m0/s1. The Morgan fingerprint density at radius 2 is 2.18 bits per heavy atom. The van der Waals surface area contributed by atoms with Crippen LogP contribution >= 0.6 is 0 Å². The molecule has 2 aromatic rings. The predicted octanol–water partition coefficient (Wildman–Crippen LogP) is 3.29. The zero-order valence-electron chi connectivity index (χ0n) is 15.7. The van der Waals surface area contributed by atoms with Crippen LogP contribution in [0.1, 0.15) is 24.1 Å². The number of aryl methyl sites for hydroxylation is 1. The van der Waals surface area contributed by atoms with E-state index in [4.69, 9.17) is 4.74 Å². The molecule has 5 nitrogen and oxygen atoms in total. The molecule has 4 rings (SSSR count). The topological polar surface area (TPSA) is 54.5 Å². The number of halogens is 2. The van der Waals surface area contributed by atoms with E-state index < -0.39 is 17.7 Å². The summed E-state index contributed by atoms with van der Waals surface area (Å²) in [7, 11) is 0. The summed E-state index contributed by atoms with van der Waals surface area (Å²) in [5.74, 6) is -1.46. The maximum absolute atomic E-state index is 13.4. The van der Waals surface area contributed by atoms with Crippen LogP contribution < -0.4 is 5.32 Å².